The second kappa shape index (κ2) is 7.45. The number of aromatic nitrogens is 2. The molecule has 0 aliphatic rings. The van der Waals surface area contributed by atoms with Crippen LogP contribution in [0.4, 0.5) is 0 Å². The van der Waals surface area contributed by atoms with Crippen molar-refractivity contribution in [3.63, 3.8) is 0 Å². The molecule has 1 heterocycles. The third-order valence-corrected chi connectivity index (χ3v) is 3.59. The van der Waals surface area contributed by atoms with E-state index in [1.165, 1.54) is 5.56 Å². The molecule has 5 heteroatoms. The van der Waals surface area contributed by atoms with Gasteiger partial charge in [0.1, 0.15) is 12.4 Å². The summed E-state index contributed by atoms with van der Waals surface area (Å²) in [5.41, 5.74) is 1.20. The van der Waals surface area contributed by atoms with Gasteiger partial charge >= 0.3 is 0 Å². The minimum absolute atomic E-state index is 0.334. The highest BCUT2D eigenvalue weighted by Crippen LogP contribution is 2.16. The molecule has 0 saturated carbocycles. The summed E-state index contributed by atoms with van der Waals surface area (Å²) in [5.74, 6) is 0.876. The van der Waals surface area contributed by atoms with E-state index in [9.17, 15) is 0 Å². The van der Waals surface area contributed by atoms with Crippen molar-refractivity contribution in [1.82, 2.24) is 15.1 Å². The van der Waals surface area contributed by atoms with Gasteiger partial charge in [0.2, 0.25) is 0 Å². The molecular formula is C15H20BrN3O. The molecule has 0 amide bonds. The first-order valence-corrected chi connectivity index (χ1v) is 7.62. The zero-order valence-corrected chi connectivity index (χ0v) is 13.4. The number of rotatable bonds is 7. The van der Waals surface area contributed by atoms with E-state index in [2.05, 4.69) is 46.4 Å². The molecule has 0 fully saturated rings. The van der Waals surface area contributed by atoms with Crippen LogP contribution in [0, 0.1) is 0 Å². The van der Waals surface area contributed by atoms with Crippen molar-refractivity contribution < 1.29 is 4.74 Å². The van der Waals surface area contributed by atoms with Crippen LogP contribution in [0.2, 0.25) is 0 Å². The van der Waals surface area contributed by atoms with Crippen LogP contribution in [0.15, 0.2) is 41.1 Å². The van der Waals surface area contributed by atoms with Crippen molar-refractivity contribution in [2.75, 3.05) is 13.2 Å². The topological polar surface area (TPSA) is 39.1 Å². The molecule has 0 radical (unpaired) electrons. The molecule has 1 aromatic carbocycles. The predicted octanol–water partition coefficient (Wildman–Crippen LogP) is 3.40. The molecule has 2 rings (SSSR count). The van der Waals surface area contributed by atoms with Gasteiger partial charge in [0.15, 0.2) is 0 Å². The lowest BCUT2D eigenvalue weighted by Gasteiger charge is -2.09. The summed E-state index contributed by atoms with van der Waals surface area (Å²) in [6.45, 7) is 6.56. The Kier molecular flexibility index (Phi) is 5.61. The summed E-state index contributed by atoms with van der Waals surface area (Å²) >= 11 is 3.40. The first-order valence-electron chi connectivity index (χ1n) is 6.83. The standard InChI is InChI=1S/C15H20BrN3O/c1-3-17-12(2)13-10-18-19(11-13)8-9-20-15-6-4-14(16)5-7-15/h4-7,10-12,17H,3,8-9H2,1-2H3. The SMILES string of the molecule is CCNC(C)c1cnn(CCOc2ccc(Br)cc2)c1. The molecule has 1 unspecified atom stereocenters. The smallest absolute Gasteiger partial charge is 0.119 e. The van der Waals surface area contributed by atoms with Gasteiger partial charge in [-0.1, -0.05) is 22.9 Å². The first kappa shape index (κ1) is 15.1. The van der Waals surface area contributed by atoms with Gasteiger partial charge in [0.25, 0.3) is 0 Å². The molecule has 0 saturated heterocycles. The molecular weight excluding hydrogens is 318 g/mol. The maximum Gasteiger partial charge on any atom is 0.119 e. The highest BCUT2D eigenvalue weighted by Gasteiger charge is 2.06. The Morgan fingerprint density at radius 2 is 2.10 bits per heavy atom. The average Bonchev–Trinajstić information content (AvgIpc) is 2.90. The normalized spacial score (nSPS) is 12.3. The van der Waals surface area contributed by atoms with Crippen molar-refractivity contribution in [3.05, 3.63) is 46.7 Å². The van der Waals surface area contributed by atoms with Crippen LogP contribution in [0.25, 0.3) is 0 Å². The zero-order valence-electron chi connectivity index (χ0n) is 11.8. The fourth-order valence-electron chi connectivity index (χ4n) is 1.94. The molecule has 20 heavy (non-hydrogen) atoms. The van der Waals surface area contributed by atoms with E-state index in [0.717, 1.165) is 23.3 Å². The largest absolute Gasteiger partial charge is 0.492 e. The predicted molar refractivity (Wildman–Crippen MR) is 84.0 cm³/mol. The molecule has 0 aliphatic heterocycles. The molecule has 2 aromatic rings. The van der Waals surface area contributed by atoms with Crippen LogP contribution in [0.1, 0.15) is 25.5 Å². The molecule has 0 spiro atoms. The Morgan fingerprint density at radius 3 is 2.80 bits per heavy atom. The summed E-state index contributed by atoms with van der Waals surface area (Å²) in [4.78, 5) is 0. The van der Waals surface area contributed by atoms with Crippen LogP contribution in [-0.4, -0.2) is 22.9 Å². The minimum atomic E-state index is 0.334. The fraction of sp³-hybridized carbons (Fsp3) is 0.400. The molecule has 1 aromatic heterocycles. The third-order valence-electron chi connectivity index (χ3n) is 3.07. The lowest BCUT2D eigenvalue weighted by molar-refractivity contribution is 0.291. The van der Waals surface area contributed by atoms with Crippen LogP contribution in [0.5, 0.6) is 5.75 Å². The number of ether oxygens (including phenoxy) is 1. The van der Waals surface area contributed by atoms with E-state index in [1.807, 2.05) is 35.1 Å². The second-order valence-electron chi connectivity index (χ2n) is 4.62. The summed E-state index contributed by atoms with van der Waals surface area (Å²) in [7, 11) is 0. The highest BCUT2D eigenvalue weighted by molar-refractivity contribution is 9.10. The van der Waals surface area contributed by atoms with Gasteiger partial charge in [-0.3, -0.25) is 4.68 Å². The van der Waals surface area contributed by atoms with E-state index in [-0.39, 0.29) is 0 Å². The Balaban J connectivity index is 1.81. The number of benzene rings is 1. The summed E-state index contributed by atoms with van der Waals surface area (Å²) in [6.07, 6.45) is 3.98. The van der Waals surface area contributed by atoms with Crippen molar-refractivity contribution >= 4 is 15.9 Å². The molecule has 4 nitrogen and oxygen atoms in total. The molecule has 1 atom stereocenters. The van der Waals surface area contributed by atoms with Gasteiger partial charge in [-0.2, -0.15) is 5.10 Å². The molecule has 1 N–H and O–H groups in total. The molecule has 0 bridgehead atoms. The van der Waals surface area contributed by atoms with E-state index >= 15 is 0 Å². The second-order valence-corrected chi connectivity index (χ2v) is 5.53. The maximum absolute atomic E-state index is 5.68. The number of halogens is 1. The van der Waals surface area contributed by atoms with Gasteiger partial charge in [0, 0.05) is 22.3 Å². The van der Waals surface area contributed by atoms with Crippen molar-refractivity contribution in [2.24, 2.45) is 0 Å². The number of hydrogen-bond donors (Lipinski definition) is 1. The summed E-state index contributed by atoms with van der Waals surface area (Å²) in [5, 5.41) is 7.73. The zero-order chi connectivity index (χ0) is 14.4. The quantitative estimate of drug-likeness (QED) is 0.841. The van der Waals surface area contributed by atoms with E-state index < -0.39 is 0 Å². The Bertz CT molecular complexity index is 524. The van der Waals surface area contributed by atoms with Crippen LogP contribution in [0.3, 0.4) is 0 Å². The lowest BCUT2D eigenvalue weighted by Crippen LogP contribution is -2.17. The van der Waals surface area contributed by atoms with Gasteiger partial charge in [-0.25, -0.2) is 0 Å². The Morgan fingerprint density at radius 1 is 1.35 bits per heavy atom. The van der Waals surface area contributed by atoms with Gasteiger partial charge in [0.05, 0.1) is 12.7 Å². The average molecular weight is 338 g/mol. The number of nitrogens with zero attached hydrogens (tertiary/aromatic N) is 2. The van der Waals surface area contributed by atoms with E-state index in [1.54, 1.807) is 0 Å². The van der Waals surface area contributed by atoms with Gasteiger partial charge in [-0.15, -0.1) is 0 Å². The summed E-state index contributed by atoms with van der Waals surface area (Å²) < 4.78 is 8.66. The molecule has 0 aliphatic carbocycles. The maximum atomic E-state index is 5.68. The molecule has 108 valence electrons. The Hall–Kier alpha value is -1.33. The first-order chi connectivity index (χ1) is 9.69. The fourth-order valence-corrected chi connectivity index (χ4v) is 2.20. The lowest BCUT2D eigenvalue weighted by atomic mass is 10.2. The summed E-state index contributed by atoms with van der Waals surface area (Å²) in [6, 6.07) is 8.18. The van der Waals surface area contributed by atoms with Crippen molar-refractivity contribution in [3.8, 4) is 5.75 Å². The van der Waals surface area contributed by atoms with Crippen molar-refractivity contribution in [1.29, 1.82) is 0 Å². The third kappa shape index (κ3) is 4.35. The van der Waals surface area contributed by atoms with Gasteiger partial charge < -0.3 is 10.1 Å². The van der Waals surface area contributed by atoms with Crippen LogP contribution >= 0.6 is 15.9 Å². The van der Waals surface area contributed by atoms with Crippen LogP contribution < -0.4 is 10.1 Å². The highest BCUT2D eigenvalue weighted by atomic mass is 79.9. The van der Waals surface area contributed by atoms with E-state index in [4.69, 9.17) is 4.74 Å². The van der Waals surface area contributed by atoms with Gasteiger partial charge in [-0.05, 0) is 37.7 Å². The van der Waals surface area contributed by atoms with Crippen molar-refractivity contribution in [2.45, 2.75) is 26.4 Å². The van der Waals surface area contributed by atoms with E-state index in [0.29, 0.717) is 12.6 Å². The minimum Gasteiger partial charge on any atom is -0.492 e. The number of hydrogen-bond acceptors (Lipinski definition) is 3. The van der Waals surface area contributed by atoms with Crippen LogP contribution in [-0.2, 0) is 6.54 Å². The Labute approximate surface area is 128 Å². The monoisotopic (exact) mass is 337 g/mol. The number of nitrogens with one attached hydrogen (secondary N) is 1.